The van der Waals surface area contributed by atoms with E-state index in [0.29, 0.717) is 12.1 Å². The summed E-state index contributed by atoms with van der Waals surface area (Å²) in [5, 5.41) is 13.1. The molecule has 0 aromatic carbocycles. The second-order valence-corrected chi connectivity index (χ2v) is 6.52. The highest BCUT2D eigenvalue weighted by Gasteiger charge is 2.44. The molecule has 1 rings (SSSR count). The molecule has 0 bridgehead atoms. The Morgan fingerprint density at radius 1 is 1.40 bits per heavy atom. The summed E-state index contributed by atoms with van der Waals surface area (Å²) in [6, 6.07) is 1.10. The summed E-state index contributed by atoms with van der Waals surface area (Å²) in [5.74, 6) is -0.684. The Labute approximate surface area is 123 Å². The molecule has 1 fully saturated rings. The van der Waals surface area contributed by atoms with Crippen molar-refractivity contribution in [1.82, 2.24) is 10.2 Å². The molecule has 0 spiro atoms. The third-order valence-corrected chi connectivity index (χ3v) is 4.69. The molecule has 3 unspecified atom stereocenters. The molecule has 4 heteroatoms. The van der Waals surface area contributed by atoms with Gasteiger partial charge in [0.2, 0.25) is 0 Å². The molecule has 3 atom stereocenters. The van der Waals surface area contributed by atoms with Crippen LogP contribution in [0.2, 0.25) is 0 Å². The largest absolute Gasteiger partial charge is 0.480 e. The lowest BCUT2D eigenvalue weighted by molar-refractivity contribution is -0.148. The summed E-state index contributed by atoms with van der Waals surface area (Å²) >= 11 is 0. The number of hydrogen-bond acceptors (Lipinski definition) is 3. The monoisotopic (exact) mass is 284 g/mol. The van der Waals surface area contributed by atoms with Gasteiger partial charge >= 0.3 is 5.97 Å². The maximum absolute atomic E-state index is 11.8. The van der Waals surface area contributed by atoms with E-state index < -0.39 is 11.5 Å². The summed E-state index contributed by atoms with van der Waals surface area (Å²) in [5.41, 5.74) is -0.738. The normalized spacial score (nSPS) is 28.9. The minimum atomic E-state index is -0.738. The quantitative estimate of drug-likeness (QED) is 0.755. The molecule has 2 N–H and O–H groups in total. The molecule has 0 aromatic heterocycles. The van der Waals surface area contributed by atoms with E-state index in [1.54, 1.807) is 0 Å². The third-order valence-electron chi connectivity index (χ3n) is 4.69. The molecular weight excluding hydrogens is 252 g/mol. The summed E-state index contributed by atoms with van der Waals surface area (Å²) in [4.78, 5) is 14.3. The van der Waals surface area contributed by atoms with E-state index in [1.165, 1.54) is 0 Å². The van der Waals surface area contributed by atoms with Gasteiger partial charge in [0.1, 0.15) is 5.54 Å². The van der Waals surface area contributed by atoms with Gasteiger partial charge < -0.3 is 5.11 Å². The number of hydrogen-bond donors (Lipinski definition) is 2. The fourth-order valence-electron chi connectivity index (χ4n) is 3.63. The molecule has 0 aromatic rings. The van der Waals surface area contributed by atoms with Crippen LogP contribution in [0.1, 0.15) is 66.7 Å². The van der Waals surface area contributed by atoms with Crippen LogP contribution in [0.4, 0.5) is 0 Å². The van der Waals surface area contributed by atoms with Gasteiger partial charge in [-0.3, -0.25) is 15.0 Å². The molecule has 0 heterocycles. The minimum Gasteiger partial charge on any atom is -0.480 e. The molecule has 4 nitrogen and oxygen atoms in total. The van der Waals surface area contributed by atoms with Gasteiger partial charge in [-0.1, -0.05) is 13.8 Å². The zero-order valence-corrected chi connectivity index (χ0v) is 13.8. The van der Waals surface area contributed by atoms with Crippen LogP contribution in [0.25, 0.3) is 0 Å². The topological polar surface area (TPSA) is 52.6 Å². The second kappa shape index (κ2) is 7.41. The molecule has 1 saturated carbocycles. The smallest absolute Gasteiger partial charge is 0.323 e. The number of nitrogens with zero attached hydrogens (tertiary/aromatic N) is 1. The van der Waals surface area contributed by atoms with Gasteiger partial charge in [0.25, 0.3) is 0 Å². The van der Waals surface area contributed by atoms with E-state index in [1.807, 2.05) is 13.8 Å². The summed E-state index contributed by atoms with van der Waals surface area (Å²) < 4.78 is 0. The minimum absolute atomic E-state index is 0.198. The van der Waals surface area contributed by atoms with Crippen LogP contribution in [0.15, 0.2) is 0 Å². The highest BCUT2D eigenvalue weighted by Crippen LogP contribution is 2.33. The van der Waals surface area contributed by atoms with E-state index in [4.69, 9.17) is 0 Å². The molecular formula is C16H32N2O2. The lowest BCUT2D eigenvalue weighted by Crippen LogP contribution is -2.60. The van der Waals surface area contributed by atoms with Gasteiger partial charge in [-0.25, -0.2) is 0 Å². The molecule has 1 aliphatic rings. The Bertz CT molecular complexity index is 320. The van der Waals surface area contributed by atoms with Crippen molar-refractivity contribution in [3.8, 4) is 0 Å². The first-order valence-corrected chi connectivity index (χ1v) is 8.13. The van der Waals surface area contributed by atoms with Crippen LogP contribution in [-0.4, -0.2) is 46.2 Å². The van der Waals surface area contributed by atoms with Gasteiger partial charge in [0.05, 0.1) is 0 Å². The number of carboxylic acids is 1. The number of nitrogens with one attached hydrogen (secondary N) is 1. The highest BCUT2D eigenvalue weighted by atomic mass is 16.4. The summed E-state index contributed by atoms with van der Waals surface area (Å²) in [6.07, 6.45) is 4.69. The fourth-order valence-corrected chi connectivity index (χ4v) is 3.63. The Hall–Kier alpha value is -0.610. The number of aliphatic carboxylic acids is 1. The first kappa shape index (κ1) is 17.4. The zero-order valence-electron chi connectivity index (χ0n) is 13.8. The summed E-state index contributed by atoms with van der Waals surface area (Å²) in [7, 11) is 0. The van der Waals surface area contributed by atoms with Crippen molar-refractivity contribution < 1.29 is 9.90 Å². The number of rotatable bonds is 7. The van der Waals surface area contributed by atoms with Crippen LogP contribution in [0.3, 0.4) is 0 Å². The molecule has 20 heavy (non-hydrogen) atoms. The second-order valence-electron chi connectivity index (χ2n) is 6.52. The summed E-state index contributed by atoms with van der Waals surface area (Å²) in [6.45, 7) is 11.7. The van der Waals surface area contributed by atoms with E-state index in [2.05, 4.69) is 31.0 Å². The van der Waals surface area contributed by atoms with Crippen molar-refractivity contribution in [3.63, 3.8) is 0 Å². The highest BCUT2D eigenvalue weighted by molar-refractivity contribution is 5.79. The molecule has 1 aliphatic carbocycles. The van der Waals surface area contributed by atoms with Gasteiger partial charge in [0, 0.05) is 18.1 Å². The maximum atomic E-state index is 11.8. The first-order valence-electron chi connectivity index (χ1n) is 8.13. The maximum Gasteiger partial charge on any atom is 0.323 e. The number of carboxylic acid groups (broad SMARTS) is 1. The van der Waals surface area contributed by atoms with E-state index in [0.717, 1.165) is 38.6 Å². The van der Waals surface area contributed by atoms with Crippen LogP contribution in [0.5, 0.6) is 0 Å². The van der Waals surface area contributed by atoms with Gasteiger partial charge in [-0.05, 0) is 59.4 Å². The van der Waals surface area contributed by atoms with Crippen molar-refractivity contribution >= 4 is 5.97 Å². The van der Waals surface area contributed by atoms with Gasteiger partial charge in [-0.15, -0.1) is 0 Å². The Morgan fingerprint density at radius 3 is 2.50 bits per heavy atom. The zero-order chi connectivity index (χ0) is 15.3. The van der Waals surface area contributed by atoms with Crippen LogP contribution < -0.4 is 5.32 Å². The van der Waals surface area contributed by atoms with E-state index in [9.17, 15) is 9.90 Å². The average molecular weight is 284 g/mol. The first-order chi connectivity index (χ1) is 9.36. The Balaban J connectivity index is 2.89. The Morgan fingerprint density at radius 2 is 2.05 bits per heavy atom. The van der Waals surface area contributed by atoms with Gasteiger partial charge in [0.15, 0.2) is 0 Å². The van der Waals surface area contributed by atoms with Crippen molar-refractivity contribution in [2.45, 2.75) is 90.4 Å². The van der Waals surface area contributed by atoms with Crippen LogP contribution in [0, 0.1) is 0 Å². The number of carbonyl (C=O) groups is 1. The lowest BCUT2D eigenvalue weighted by Gasteiger charge is -2.45. The molecule has 0 radical (unpaired) electrons. The average Bonchev–Trinajstić information content (AvgIpc) is 2.38. The fraction of sp³-hybridized carbons (Fsp3) is 0.938. The van der Waals surface area contributed by atoms with E-state index >= 15 is 0 Å². The van der Waals surface area contributed by atoms with Crippen molar-refractivity contribution in [2.24, 2.45) is 0 Å². The molecule has 0 amide bonds. The SMILES string of the molecule is CCC(C)N(CC)C1CCCC(NC(C)C)(C(=O)O)C1. The van der Waals surface area contributed by atoms with Crippen molar-refractivity contribution in [2.75, 3.05) is 6.54 Å². The predicted octanol–water partition coefficient (Wildman–Crippen LogP) is 2.87. The van der Waals surface area contributed by atoms with Crippen LogP contribution >= 0.6 is 0 Å². The predicted molar refractivity (Wildman–Crippen MR) is 83.0 cm³/mol. The van der Waals surface area contributed by atoms with E-state index in [-0.39, 0.29) is 6.04 Å². The van der Waals surface area contributed by atoms with Crippen LogP contribution in [-0.2, 0) is 4.79 Å². The van der Waals surface area contributed by atoms with Gasteiger partial charge in [-0.2, -0.15) is 0 Å². The van der Waals surface area contributed by atoms with Crippen molar-refractivity contribution in [3.05, 3.63) is 0 Å². The molecule has 0 aliphatic heterocycles. The molecule has 0 saturated heterocycles. The van der Waals surface area contributed by atoms with Crippen molar-refractivity contribution in [1.29, 1.82) is 0 Å². The molecule has 118 valence electrons. The Kier molecular flexibility index (Phi) is 6.46. The lowest BCUT2D eigenvalue weighted by atomic mass is 9.77. The third kappa shape index (κ3) is 3.95. The standard InChI is InChI=1S/C16H32N2O2/c1-6-13(5)18(7-2)14-9-8-10-16(11-14,15(19)20)17-12(3)4/h12-14,17H,6-11H2,1-5H3,(H,19,20).